The Balaban J connectivity index is 2.42. The number of carbonyl (C=O) groups excluding carboxylic acids is 1. The maximum atomic E-state index is 11.6. The first-order valence-corrected chi connectivity index (χ1v) is 4.52. The van der Waals surface area contributed by atoms with E-state index in [0.717, 1.165) is 0 Å². The number of Topliss-reactive ketones (excluding diaryl/α,β-unsaturated/α-hetero) is 1. The molecule has 0 fully saturated rings. The van der Waals surface area contributed by atoms with Crippen molar-refractivity contribution in [3.63, 3.8) is 0 Å². The van der Waals surface area contributed by atoms with Crippen LogP contribution in [-0.2, 0) is 4.79 Å². The van der Waals surface area contributed by atoms with E-state index in [2.05, 4.69) is 4.98 Å². The molecule has 4 nitrogen and oxygen atoms in total. The number of hydrogen-bond donors (Lipinski definition) is 2. The average Bonchev–Trinajstić information content (AvgIpc) is 2.23. The first-order chi connectivity index (χ1) is 7.20. The first kappa shape index (κ1) is 9.45. The smallest absolute Gasteiger partial charge is 0.209 e. The zero-order chi connectivity index (χ0) is 10.8. The van der Waals surface area contributed by atoms with Crippen molar-refractivity contribution < 1.29 is 9.90 Å². The van der Waals surface area contributed by atoms with Gasteiger partial charge in [0.2, 0.25) is 5.78 Å². The molecule has 4 heteroatoms. The normalized spacial score (nSPS) is 20.1. The molecule has 0 saturated carbocycles. The van der Waals surface area contributed by atoms with Gasteiger partial charge in [0.1, 0.15) is 0 Å². The van der Waals surface area contributed by atoms with E-state index in [1.54, 1.807) is 30.5 Å². The van der Waals surface area contributed by atoms with Crippen LogP contribution in [0.3, 0.4) is 0 Å². The minimum absolute atomic E-state index is 0.257. The van der Waals surface area contributed by atoms with Crippen LogP contribution in [0.25, 0.3) is 0 Å². The quantitative estimate of drug-likeness (QED) is 0.720. The predicted octanol–water partition coefficient (Wildman–Crippen LogP) is 1.33. The second-order valence-electron chi connectivity index (χ2n) is 3.26. The summed E-state index contributed by atoms with van der Waals surface area (Å²) in [5.41, 5.74) is 6.65. The lowest BCUT2D eigenvalue weighted by molar-refractivity contribution is -0.118. The number of nitrogens with two attached hydrogens (primary N) is 1. The average molecular weight is 202 g/mol. The van der Waals surface area contributed by atoms with E-state index in [0.29, 0.717) is 11.4 Å². The van der Waals surface area contributed by atoms with E-state index in [-0.39, 0.29) is 11.5 Å². The van der Waals surface area contributed by atoms with Crippen LogP contribution in [0.15, 0.2) is 42.3 Å². The molecule has 1 aromatic rings. The SMILES string of the molecule is Nc1cccnc1C1C=CC=C(O)C1=O. The molecular formula is C11H10N2O2. The van der Waals surface area contributed by atoms with Crippen LogP contribution in [0.5, 0.6) is 0 Å². The topological polar surface area (TPSA) is 76.2 Å². The van der Waals surface area contributed by atoms with E-state index >= 15 is 0 Å². The number of anilines is 1. The fraction of sp³-hybridized carbons (Fsp3) is 0.0909. The van der Waals surface area contributed by atoms with Gasteiger partial charge in [-0.3, -0.25) is 9.78 Å². The van der Waals surface area contributed by atoms with E-state index in [9.17, 15) is 9.90 Å². The van der Waals surface area contributed by atoms with E-state index in [1.807, 2.05) is 0 Å². The lowest BCUT2D eigenvalue weighted by atomic mass is 9.93. The van der Waals surface area contributed by atoms with Gasteiger partial charge in [0.25, 0.3) is 0 Å². The van der Waals surface area contributed by atoms with Gasteiger partial charge < -0.3 is 10.8 Å². The second-order valence-corrected chi connectivity index (χ2v) is 3.26. The fourth-order valence-electron chi connectivity index (χ4n) is 1.49. The number of aliphatic hydroxyl groups is 1. The van der Waals surface area contributed by atoms with Crippen molar-refractivity contribution in [3.05, 3.63) is 48.0 Å². The van der Waals surface area contributed by atoms with Gasteiger partial charge in [-0.25, -0.2) is 0 Å². The molecule has 1 heterocycles. The zero-order valence-corrected chi connectivity index (χ0v) is 7.92. The number of aliphatic hydroxyl groups excluding tert-OH is 1. The number of hydrogen-bond acceptors (Lipinski definition) is 4. The highest BCUT2D eigenvalue weighted by Crippen LogP contribution is 2.26. The monoisotopic (exact) mass is 202 g/mol. The number of ketones is 1. The molecule has 0 amide bonds. The van der Waals surface area contributed by atoms with Crippen LogP contribution in [0, 0.1) is 0 Å². The van der Waals surface area contributed by atoms with E-state index in [1.165, 1.54) is 6.08 Å². The molecular weight excluding hydrogens is 192 g/mol. The minimum Gasteiger partial charge on any atom is -0.504 e. The Labute approximate surface area is 86.8 Å². The molecule has 0 spiro atoms. The van der Waals surface area contributed by atoms with Crippen LogP contribution in [0.4, 0.5) is 5.69 Å². The molecule has 0 radical (unpaired) electrons. The van der Waals surface area contributed by atoms with Gasteiger partial charge in [0.05, 0.1) is 17.3 Å². The zero-order valence-electron chi connectivity index (χ0n) is 7.92. The lowest BCUT2D eigenvalue weighted by Crippen LogP contribution is -2.17. The van der Waals surface area contributed by atoms with Crippen molar-refractivity contribution in [2.45, 2.75) is 5.92 Å². The molecule has 15 heavy (non-hydrogen) atoms. The summed E-state index contributed by atoms with van der Waals surface area (Å²) in [7, 11) is 0. The van der Waals surface area contributed by atoms with Gasteiger partial charge in [0, 0.05) is 6.20 Å². The third kappa shape index (κ3) is 1.61. The number of nitrogens with zero attached hydrogens (tertiary/aromatic N) is 1. The van der Waals surface area contributed by atoms with E-state index < -0.39 is 5.92 Å². The van der Waals surface area contributed by atoms with Gasteiger partial charge in [-0.2, -0.15) is 0 Å². The molecule has 2 rings (SSSR count). The van der Waals surface area contributed by atoms with Crippen LogP contribution in [-0.4, -0.2) is 15.9 Å². The Morgan fingerprint density at radius 3 is 3.00 bits per heavy atom. The van der Waals surface area contributed by atoms with Crippen molar-refractivity contribution >= 4 is 11.5 Å². The summed E-state index contributed by atoms with van der Waals surface area (Å²) in [6.07, 6.45) is 6.22. The summed E-state index contributed by atoms with van der Waals surface area (Å²) in [5.74, 6) is -1.20. The highest BCUT2D eigenvalue weighted by molar-refractivity contribution is 6.01. The third-order valence-electron chi connectivity index (χ3n) is 2.26. The van der Waals surface area contributed by atoms with Gasteiger partial charge in [-0.15, -0.1) is 0 Å². The maximum Gasteiger partial charge on any atom is 0.209 e. The molecule has 0 aromatic carbocycles. The highest BCUT2D eigenvalue weighted by atomic mass is 16.3. The van der Waals surface area contributed by atoms with Crippen molar-refractivity contribution in [3.8, 4) is 0 Å². The van der Waals surface area contributed by atoms with Gasteiger partial charge in [-0.05, 0) is 18.2 Å². The summed E-state index contributed by atoms with van der Waals surface area (Å²) >= 11 is 0. The summed E-state index contributed by atoms with van der Waals surface area (Å²) in [6, 6.07) is 3.38. The number of allylic oxidation sites excluding steroid dienone is 4. The summed E-state index contributed by atoms with van der Waals surface area (Å²) < 4.78 is 0. The Morgan fingerprint density at radius 2 is 2.27 bits per heavy atom. The van der Waals surface area contributed by atoms with Crippen LogP contribution in [0.1, 0.15) is 11.6 Å². The van der Waals surface area contributed by atoms with Gasteiger partial charge in [0.15, 0.2) is 5.76 Å². The molecule has 76 valence electrons. The molecule has 1 atom stereocenters. The summed E-state index contributed by atoms with van der Waals surface area (Å²) in [4.78, 5) is 15.7. The second kappa shape index (κ2) is 3.57. The number of pyridine rings is 1. The van der Waals surface area contributed by atoms with Crippen molar-refractivity contribution in [2.75, 3.05) is 5.73 Å². The van der Waals surface area contributed by atoms with Crippen molar-refractivity contribution in [2.24, 2.45) is 0 Å². The summed E-state index contributed by atoms with van der Waals surface area (Å²) in [6.45, 7) is 0. The highest BCUT2D eigenvalue weighted by Gasteiger charge is 2.25. The third-order valence-corrected chi connectivity index (χ3v) is 2.26. The fourth-order valence-corrected chi connectivity index (χ4v) is 1.49. The maximum absolute atomic E-state index is 11.6. The Morgan fingerprint density at radius 1 is 1.47 bits per heavy atom. The molecule has 1 unspecified atom stereocenters. The lowest BCUT2D eigenvalue weighted by Gasteiger charge is -2.14. The van der Waals surface area contributed by atoms with Crippen LogP contribution < -0.4 is 5.73 Å². The molecule has 0 saturated heterocycles. The minimum atomic E-state index is -0.573. The molecule has 1 aliphatic rings. The number of nitrogen functional groups attached to an aromatic ring is 1. The molecule has 0 bridgehead atoms. The number of rotatable bonds is 1. The first-order valence-electron chi connectivity index (χ1n) is 4.52. The Kier molecular flexibility index (Phi) is 2.25. The van der Waals surface area contributed by atoms with Crippen LogP contribution in [0.2, 0.25) is 0 Å². The molecule has 1 aromatic heterocycles. The molecule has 1 aliphatic carbocycles. The standard InChI is InChI=1S/C11H10N2O2/c12-8-4-2-6-13-10(8)7-3-1-5-9(14)11(7)15/h1-7,14H,12H2. The molecule has 3 N–H and O–H groups in total. The number of carbonyl (C=O) groups is 1. The van der Waals surface area contributed by atoms with Crippen LogP contribution >= 0.6 is 0 Å². The van der Waals surface area contributed by atoms with Crippen molar-refractivity contribution in [1.82, 2.24) is 4.98 Å². The summed E-state index contributed by atoms with van der Waals surface area (Å²) in [5, 5.41) is 9.29. The Hall–Kier alpha value is -2.10. The molecule has 0 aliphatic heterocycles. The van der Waals surface area contributed by atoms with E-state index in [4.69, 9.17) is 5.73 Å². The van der Waals surface area contributed by atoms with Gasteiger partial charge >= 0.3 is 0 Å². The van der Waals surface area contributed by atoms with Gasteiger partial charge in [-0.1, -0.05) is 12.2 Å². The Bertz CT molecular complexity index is 463. The number of aromatic nitrogens is 1. The largest absolute Gasteiger partial charge is 0.504 e. The van der Waals surface area contributed by atoms with Crippen molar-refractivity contribution in [1.29, 1.82) is 0 Å². The predicted molar refractivity (Wildman–Crippen MR) is 56.2 cm³/mol.